The normalized spacial score (nSPS) is 23.2. The second-order valence-corrected chi connectivity index (χ2v) is 7.08. The zero-order valence-electron chi connectivity index (χ0n) is 12.4. The Morgan fingerprint density at radius 1 is 1.14 bits per heavy atom. The summed E-state index contributed by atoms with van der Waals surface area (Å²) in [7, 11) is 0. The van der Waals surface area contributed by atoms with Gasteiger partial charge < -0.3 is 5.32 Å². The molecule has 0 aromatic heterocycles. The van der Waals surface area contributed by atoms with Crippen LogP contribution in [0.3, 0.4) is 0 Å². The molecule has 0 spiro atoms. The number of rotatable bonds is 1. The quantitative estimate of drug-likeness (QED) is 0.860. The lowest BCUT2D eigenvalue weighted by atomic mass is 9.84. The van der Waals surface area contributed by atoms with Crippen LogP contribution in [0, 0.1) is 5.41 Å². The van der Waals surface area contributed by atoms with Crippen molar-refractivity contribution in [2.24, 2.45) is 5.41 Å². The van der Waals surface area contributed by atoms with Crippen molar-refractivity contribution >= 4 is 40.7 Å². The average molecular weight is 329 g/mol. The summed E-state index contributed by atoms with van der Waals surface area (Å²) in [6, 6.07) is 3.74. The molecule has 114 valence electrons. The summed E-state index contributed by atoms with van der Waals surface area (Å²) in [5, 5.41) is 3.48. The Labute approximate surface area is 134 Å². The van der Waals surface area contributed by atoms with Crippen molar-refractivity contribution in [3.8, 4) is 0 Å². The Morgan fingerprint density at radius 3 is 2.14 bits per heavy atom. The van der Waals surface area contributed by atoms with E-state index in [1.807, 2.05) is 20.8 Å². The first kappa shape index (κ1) is 16.1. The zero-order chi connectivity index (χ0) is 15.9. The molecular weight excluding hydrogens is 311 g/mol. The van der Waals surface area contributed by atoms with Gasteiger partial charge in [-0.2, -0.15) is 0 Å². The summed E-state index contributed by atoms with van der Waals surface area (Å²) < 4.78 is 0. The summed E-state index contributed by atoms with van der Waals surface area (Å²) in [5.74, 6) is -0.421. The molecule has 1 heterocycles. The van der Waals surface area contributed by atoms with Gasteiger partial charge >= 0.3 is 0 Å². The Kier molecular flexibility index (Phi) is 4.22. The predicted molar refractivity (Wildman–Crippen MR) is 84.8 cm³/mol. The summed E-state index contributed by atoms with van der Waals surface area (Å²) >= 11 is 12.4. The van der Waals surface area contributed by atoms with Gasteiger partial charge in [0.25, 0.3) is 5.91 Å². The zero-order valence-corrected chi connectivity index (χ0v) is 13.9. The highest BCUT2D eigenvalue weighted by molar-refractivity contribution is 6.40. The topological polar surface area (TPSA) is 49.4 Å². The second kappa shape index (κ2) is 5.50. The second-order valence-electron chi connectivity index (χ2n) is 6.26. The molecule has 6 heteroatoms. The van der Waals surface area contributed by atoms with Gasteiger partial charge in [-0.1, -0.05) is 50.0 Å². The van der Waals surface area contributed by atoms with Crippen molar-refractivity contribution in [1.82, 2.24) is 5.32 Å². The highest BCUT2D eigenvalue weighted by Gasteiger charge is 2.45. The minimum atomic E-state index is -0.659. The third-order valence-corrected chi connectivity index (χ3v) is 4.19. The average Bonchev–Trinajstić information content (AvgIpc) is 2.36. The fourth-order valence-electron chi connectivity index (χ4n) is 2.38. The van der Waals surface area contributed by atoms with Gasteiger partial charge in [-0.25, -0.2) is 0 Å². The maximum Gasteiger partial charge on any atom is 0.250 e. The standard InChI is InChI=1S/C15H18Cl2N2O2/c1-8-13(20)18-12(15(2,3)4)14(21)19(8)11-9(16)6-5-7-10(11)17/h5-8,12H,1-4H3,(H,18,20). The van der Waals surface area contributed by atoms with Gasteiger partial charge in [0.15, 0.2) is 0 Å². The van der Waals surface area contributed by atoms with Crippen molar-refractivity contribution in [1.29, 1.82) is 0 Å². The molecule has 2 rings (SSSR count). The summed E-state index contributed by atoms with van der Waals surface area (Å²) in [6.45, 7) is 7.36. The molecule has 21 heavy (non-hydrogen) atoms. The minimum Gasteiger partial charge on any atom is -0.342 e. The van der Waals surface area contributed by atoms with E-state index in [1.54, 1.807) is 25.1 Å². The Hall–Kier alpha value is -1.26. The number of nitrogens with one attached hydrogen (secondary N) is 1. The van der Waals surface area contributed by atoms with E-state index in [0.29, 0.717) is 15.7 Å². The molecule has 1 aliphatic rings. The third kappa shape index (κ3) is 2.87. The van der Waals surface area contributed by atoms with E-state index in [2.05, 4.69) is 5.32 Å². The number of halogens is 2. The highest BCUT2D eigenvalue weighted by atomic mass is 35.5. The van der Waals surface area contributed by atoms with Crippen LogP contribution in [0.1, 0.15) is 27.7 Å². The van der Waals surface area contributed by atoms with E-state index in [1.165, 1.54) is 4.90 Å². The Bertz CT molecular complexity index is 576. The van der Waals surface area contributed by atoms with Gasteiger partial charge in [0.1, 0.15) is 12.1 Å². The first-order valence-electron chi connectivity index (χ1n) is 6.72. The van der Waals surface area contributed by atoms with Crippen molar-refractivity contribution in [3.05, 3.63) is 28.2 Å². The Morgan fingerprint density at radius 2 is 1.67 bits per heavy atom. The van der Waals surface area contributed by atoms with E-state index in [0.717, 1.165) is 0 Å². The number of piperazine rings is 1. The van der Waals surface area contributed by atoms with Crippen LogP contribution in [0.5, 0.6) is 0 Å². The molecule has 2 atom stereocenters. The number of nitrogens with zero attached hydrogens (tertiary/aromatic N) is 1. The molecular formula is C15H18Cl2N2O2. The van der Waals surface area contributed by atoms with Crippen LogP contribution >= 0.6 is 23.2 Å². The molecule has 0 saturated carbocycles. The molecule has 1 fully saturated rings. The third-order valence-electron chi connectivity index (χ3n) is 3.58. The number of amides is 2. The maximum absolute atomic E-state index is 12.8. The summed E-state index contributed by atoms with van der Waals surface area (Å²) in [6.07, 6.45) is 0. The molecule has 1 N–H and O–H groups in total. The lowest BCUT2D eigenvalue weighted by Gasteiger charge is -2.42. The van der Waals surface area contributed by atoms with Gasteiger partial charge in [0.2, 0.25) is 5.91 Å². The van der Waals surface area contributed by atoms with Crippen molar-refractivity contribution in [2.45, 2.75) is 39.8 Å². The molecule has 1 aromatic rings. The molecule has 0 radical (unpaired) electrons. The molecule has 4 nitrogen and oxygen atoms in total. The first-order valence-corrected chi connectivity index (χ1v) is 7.47. The molecule has 1 saturated heterocycles. The number of hydrogen-bond acceptors (Lipinski definition) is 2. The van der Waals surface area contributed by atoms with Crippen LogP contribution in [-0.4, -0.2) is 23.9 Å². The van der Waals surface area contributed by atoms with Crippen LogP contribution in [0.2, 0.25) is 10.0 Å². The highest BCUT2D eigenvalue weighted by Crippen LogP contribution is 2.37. The number of benzene rings is 1. The largest absolute Gasteiger partial charge is 0.342 e. The van der Waals surface area contributed by atoms with Gasteiger partial charge in [-0.15, -0.1) is 0 Å². The minimum absolute atomic E-state index is 0.204. The number of carbonyl (C=O) groups excluding carboxylic acids is 2. The molecule has 1 aliphatic heterocycles. The van der Waals surface area contributed by atoms with Gasteiger partial charge in [-0.3, -0.25) is 14.5 Å². The predicted octanol–water partition coefficient (Wildman–Crippen LogP) is 3.26. The van der Waals surface area contributed by atoms with Crippen LogP contribution in [-0.2, 0) is 9.59 Å². The van der Waals surface area contributed by atoms with E-state index in [9.17, 15) is 9.59 Å². The maximum atomic E-state index is 12.8. The molecule has 0 aliphatic carbocycles. The molecule has 2 amide bonds. The van der Waals surface area contributed by atoms with Crippen LogP contribution in [0.25, 0.3) is 0 Å². The van der Waals surface area contributed by atoms with E-state index in [4.69, 9.17) is 23.2 Å². The van der Waals surface area contributed by atoms with E-state index in [-0.39, 0.29) is 11.8 Å². The monoisotopic (exact) mass is 328 g/mol. The SMILES string of the molecule is CC1C(=O)NC(C(C)(C)C)C(=O)N1c1c(Cl)cccc1Cl. The fourth-order valence-corrected chi connectivity index (χ4v) is 2.96. The van der Waals surface area contributed by atoms with Gasteiger partial charge in [0, 0.05) is 0 Å². The molecule has 1 aromatic carbocycles. The lowest BCUT2D eigenvalue weighted by molar-refractivity contribution is -0.136. The number of carbonyl (C=O) groups is 2. The Balaban J connectivity index is 2.54. The molecule has 0 bridgehead atoms. The fraction of sp³-hybridized carbons (Fsp3) is 0.467. The lowest BCUT2D eigenvalue weighted by Crippen LogP contribution is -2.66. The summed E-state index contributed by atoms with van der Waals surface area (Å²) in [4.78, 5) is 26.4. The number of para-hydroxylation sites is 1. The van der Waals surface area contributed by atoms with Gasteiger partial charge in [-0.05, 0) is 24.5 Å². The van der Waals surface area contributed by atoms with Gasteiger partial charge in [0.05, 0.1) is 15.7 Å². The summed E-state index contributed by atoms with van der Waals surface area (Å²) in [5.41, 5.74) is -0.0128. The van der Waals surface area contributed by atoms with Crippen molar-refractivity contribution in [2.75, 3.05) is 4.90 Å². The number of hydrogen-bond donors (Lipinski definition) is 1. The first-order chi connectivity index (χ1) is 9.64. The number of anilines is 1. The van der Waals surface area contributed by atoms with Crippen molar-refractivity contribution in [3.63, 3.8) is 0 Å². The van der Waals surface area contributed by atoms with Crippen LogP contribution in [0.15, 0.2) is 18.2 Å². The van der Waals surface area contributed by atoms with Crippen molar-refractivity contribution < 1.29 is 9.59 Å². The smallest absolute Gasteiger partial charge is 0.250 e. The van der Waals surface area contributed by atoms with Crippen LogP contribution < -0.4 is 10.2 Å². The van der Waals surface area contributed by atoms with Crippen LogP contribution in [0.4, 0.5) is 5.69 Å². The van der Waals surface area contributed by atoms with E-state index < -0.39 is 17.5 Å². The van der Waals surface area contributed by atoms with E-state index >= 15 is 0 Å². The molecule has 2 unspecified atom stereocenters.